The Balaban J connectivity index is 1.38. The number of carbonyl (C=O) groups excluding carboxylic acids is 1. The highest BCUT2D eigenvalue weighted by Gasteiger charge is 2.33. The molecule has 1 amide bonds. The highest BCUT2D eigenvalue weighted by atomic mass is 16.2. The molecule has 0 unspecified atom stereocenters. The summed E-state index contributed by atoms with van der Waals surface area (Å²) < 4.78 is 0. The zero-order valence-corrected chi connectivity index (χ0v) is 16.1. The van der Waals surface area contributed by atoms with Gasteiger partial charge in [0.05, 0.1) is 6.20 Å². The molecular weight excluding hydrogens is 336 g/mol. The number of hydrogen-bond acceptors (Lipinski definition) is 4. The SMILES string of the molecule is CN1CCC(Cc2ccc(CN(C(=O)c3cnccn3)C3CC3)cc2)CC1. The van der Waals surface area contributed by atoms with Gasteiger partial charge in [0.2, 0.25) is 0 Å². The second-order valence-electron chi connectivity index (χ2n) is 8.02. The summed E-state index contributed by atoms with van der Waals surface area (Å²) in [5.41, 5.74) is 3.03. The van der Waals surface area contributed by atoms with Crippen LogP contribution in [0.2, 0.25) is 0 Å². The number of nitrogens with zero attached hydrogens (tertiary/aromatic N) is 4. The van der Waals surface area contributed by atoms with E-state index in [4.69, 9.17) is 0 Å². The minimum atomic E-state index is -0.0130. The molecule has 1 saturated carbocycles. The van der Waals surface area contributed by atoms with Gasteiger partial charge in [0.1, 0.15) is 5.69 Å². The molecule has 142 valence electrons. The van der Waals surface area contributed by atoms with Crippen LogP contribution in [0.25, 0.3) is 0 Å². The van der Waals surface area contributed by atoms with Gasteiger partial charge in [-0.25, -0.2) is 4.98 Å². The average molecular weight is 364 g/mol. The van der Waals surface area contributed by atoms with E-state index in [1.54, 1.807) is 18.6 Å². The van der Waals surface area contributed by atoms with Crippen LogP contribution in [-0.2, 0) is 13.0 Å². The van der Waals surface area contributed by atoms with Crippen LogP contribution < -0.4 is 0 Å². The van der Waals surface area contributed by atoms with E-state index in [1.807, 2.05) is 4.90 Å². The minimum absolute atomic E-state index is 0.0130. The molecule has 5 heteroatoms. The van der Waals surface area contributed by atoms with Crippen molar-refractivity contribution in [3.8, 4) is 0 Å². The van der Waals surface area contributed by atoms with Gasteiger partial charge in [-0.05, 0) is 69.3 Å². The van der Waals surface area contributed by atoms with Crippen molar-refractivity contribution >= 4 is 5.91 Å². The molecule has 0 radical (unpaired) electrons. The van der Waals surface area contributed by atoms with Gasteiger partial charge >= 0.3 is 0 Å². The summed E-state index contributed by atoms with van der Waals surface area (Å²) in [4.78, 5) is 25.4. The van der Waals surface area contributed by atoms with Crippen LogP contribution in [0.15, 0.2) is 42.9 Å². The summed E-state index contributed by atoms with van der Waals surface area (Å²) in [5, 5.41) is 0. The molecule has 2 heterocycles. The molecule has 1 aliphatic carbocycles. The predicted octanol–water partition coefficient (Wildman–Crippen LogP) is 3.17. The Labute approximate surface area is 161 Å². The van der Waals surface area contributed by atoms with Crippen LogP contribution in [0.5, 0.6) is 0 Å². The van der Waals surface area contributed by atoms with E-state index in [0.717, 1.165) is 18.8 Å². The summed E-state index contributed by atoms with van der Waals surface area (Å²) >= 11 is 0. The summed E-state index contributed by atoms with van der Waals surface area (Å²) in [7, 11) is 2.21. The molecule has 0 N–H and O–H groups in total. The van der Waals surface area contributed by atoms with Crippen molar-refractivity contribution in [3.05, 3.63) is 59.7 Å². The van der Waals surface area contributed by atoms with Crippen LogP contribution in [0.1, 0.15) is 47.3 Å². The fraction of sp³-hybridized carbons (Fsp3) is 0.500. The molecule has 0 atom stereocenters. The molecular formula is C22H28N4O. The zero-order chi connectivity index (χ0) is 18.6. The molecule has 1 aliphatic heterocycles. The summed E-state index contributed by atoms with van der Waals surface area (Å²) in [6.45, 7) is 3.07. The third-order valence-corrected chi connectivity index (χ3v) is 5.77. The van der Waals surface area contributed by atoms with E-state index in [2.05, 4.69) is 46.2 Å². The highest BCUT2D eigenvalue weighted by molar-refractivity contribution is 5.92. The summed E-state index contributed by atoms with van der Waals surface area (Å²) in [6.07, 6.45) is 10.7. The van der Waals surface area contributed by atoms with Gasteiger partial charge in [-0.1, -0.05) is 24.3 Å². The van der Waals surface area contributed by atoms with E-state index >= 15 is 0 Å². The molecule has 1 aromatic heterocycles. The number of rotatable bonds is 6. The fourth-order valence-corrected chi connectivity index (χ4v) is 3.89. The molecule has 2 aromatic rings. The standard InChI is InChI=1S/C22H28N4O/c1-25-12-8-18(9-13-25)14-17-2-4-19(5-3-17)16-26(20-6-7-20)22(27)21-15-23-10-11-24-21/h2-5,10-11,15,18,20H,6-9,12-14,16H2,1H3. The maximum atomic E-state index is 12.8. The Morgan fingerprint density at radius 2 is 1.78 bits per heavy atom. The lowest BCUT2D eigenvalue weighted by molar-refractivity contribution is 0.0723. The van der Waals surface area contributed by atoms with Crippen LogP contribution in [0, 0.1) is 5.92 Å². The number of amides is 1. The van der Waals surface area contributed by atoms with Crippen molar-refractivity contribution in [1.82, 2.24) is 19.8 Å². The number of likely N-dealkylation sites (tertiary alicyclic amines) is 1. The first kappa shape index (κ1) is 18.1. The Kier molecular flexibility index (Phi) is 5.48. The fourth-order valence-electron chi connectivity index (χ4n) is 3.89. The first-order valence-electron chi connectivity index (χ1n) is 10.0. The number of carbonyl (C=O) groups is 1. The van der Waals surface area contributed by atoms with Crippen molar-refractivity contribution in [2.75, 3.05) is 20.1 Å². The monoisotopic (exact) mass is 364 g/mol. The Morgan fingerprint density at radius 3 is 2.41 bits per heavy atom. The van der Waals surface area contributed by atoms with Crippen LogP contribution in [0.4, 0.5) is 0 Å². The molecule has 2 fully saturated rings. The Bertz CT molecular complexity index is 750. The van der Waals surface area contributed by atoms with Gasteiger partial charge in [0, 0.05) is 25.0 Å². The summed E-state index contributed by atoms with van der Waals surface area (Å²) in [6, 6.07) is 9.20. The lowest BCUT2D eigenvalue weighted by Crippen LogP contribution is -2.33. The van der Waals surface area contributed by atoms with Crippen LogP contribution in [0.3, 0.4) is 0 Å². The maximum absolute atomic E-state index is 12.8. The van der Waals surface area contributed by atoms with Gasteiger partial charge in [0.15, 0.2) is 0 Å². The topological polar surface area (TPSA) is 49.3 Å². The first-order valence-corrected chi connectivity index (χ1v) is 10.0. The Morgan fingerprint density at radius 1 is 1.07 bits per heavy atom. The number of benzene rings is 1. The van der Waals surface area contributed by atoms with Crippen molar-refractivity contribution in [3.63, 3.8) is 0 Å². The molecule has 1 saturated heterocycles. The van der Waals surface area contributed by atoms with Gasteiger partial charge in [0.25, 0.3) is 5.91 Å². The van der Waals surface area contributed by atoms with Crippen molar-refractivity contribution in [2.24, 2.45) is 5.92 Å². The van der Waals surface area contributed by atoms with E-state index in [1.165, 1.54) is 43.5 Å². The zero-order valence-electron chi connectivity index (χ0n) is 16.1. The van der Waals surface area contributed by atoms with E-state index in [0.29, 0.717) is 18.3 Å². The molecule has 27 heavy (non-hydrogen) atoms. The largest absolute Gasteiger partial charge is 0.330 e. The molecule has 2 aliphatic rings. The number of aromatic nitrogens is 2. The van der Waals surface area contributed by atoms with E-state index in [-0.39, 0.29) is 5.91 Å². The number of piperidine rings is 1. The molecule has 4 rings (SSSR count). The second-order valence-corrected chi connectivity index (χ2v) is 8.02. The highest BCUT2D eigenvalue weighted by Crippen LogP contribution is 2.30. The third-order valence-electron chi connectivity index (χ3n) is 5.77. The molecule has 0 spiro atoms. The average Bonchev–Trinajstić information content (AvgIpc) is 3.54. The molecule has 5 nitrogen and oxygen atoms in total. The minimum Gasteiger partial charge on any atom is -0.330 e. The Hall–Kier alpha value is -2.27. The van der Waals surface area contributed by atoms with Crippen molar-refractivity contribution in [2.45, 2.75) is 44.7 Å². The van der Waals surface area contributed by atoms with Crippen LogP contribution >= 0.6 is 0 Å². The smallest absolute Gasteiger partial charge is 0.274 e. The predicted molar refractivity (Wildman–Crippen MR) is 105 cm³/mol. The first-order chi connectivity index (χ1) is 13.2. The molecule has 1 aromatic carbocycles. The van der Waals surface area contributed by atoms with Crippen molar-refractivity contribution in [1.29, 1.82) is 0 Å². The molecule has 0 bridgehead atoms. The number of hydrogen-bond donors (Lipinski definition) is 0. The lowest BCUT2D eigenvalue weighted by Gasteiger charge is -2.29. The van der Waals surface area contributed by atoms with Gasteiger partial charge in [-0.15, -0.1) is 0 Å². The normalized spacial score (nSPS) is 18.4. The van der Waals surface area contributed by atoms with Gasteiger partial charge < -0.3 is 9.80 Å². The second kappa shape index (κ2) is 8.17. The third kappa shape index (κ3) is 4.72. The van der Waals surface area contributed by atoms with E-state index < -0.39 is 0 Å². The maximum Gasteiger partial charge on any atom is 0.274 e. The van der Waals surface area contributed by atoms with E-state index in [9.17, 15) is 4.79 Å². The summed E-state index contributed by atoms with van der Waals surface area (Å²) in [5.74, 6) is 0.786. The van der Waals surface area contributed by atoms with Gasteiger partial charge in [-0.3, -0.25) is 9.78 Å². The van der Waals surface area contributed by atoms with Gasteiger partial charge in [-0.2, -0.15) is 0 Å². The van der Waals surface area contributed by atoms with Crippen LogP contribution in [-0.4, -0.2) is 51.9 Å². The lowest BCUT2D eigenvalue weighted by atomic mass is 9.90. The quantitative estimate of drug-likeness (QED) is 0.790. The van der Waals surface area contributed by atoms with Crippen molar-refractivity contribution < 1.29 is 4.79 Å².